The summed E-state index contributed by atoms with van der Waals surface area (Å²) in [5.74, 6) is 0. The summed E-state index contributed by atoms with van der Waals surface area (Å²) >= 11 is 1.86. The Kier molecular flexibility index (Phi) is 7.40. The van der Waals surface area contributed by atoms with Crippen molar-refractivity contribution < 1.29 is 4.42 Å². The Morgan fingerprint density at radius 2 is 1.03 bits per heavy atom. The van der Waals surface area contributed by atoms with E-state index in [9.17, 15) is 0 Å². The first-order chi connectivity index (χ1) is 28.8. The van der Waals surface area contributed by atoms with Gasteiger partial charge in [0.05, 0.1) is 11.2 Å². The van der Waals surface area contributed by atoms with Crippen LogP contribution in [0.5, 0.6) is 0 Å². The third-order valence-electron chi connectivity index (χ3n) is 11.6. The summed E-state index contributed by atoms with van der Waals surface area (Å²) in [6.07, 6.45) is 0. The van der Waals surface area contributed by atoms with Gasteiger partial charge < -0.3 is 13.9 Å². The minimum Gasteiger partial charge on any atom is -0.454 e. The Morgan fingerprint density at radius 1 is 0.431 bits per heavy atom. The molecule has 0 atom stereocenters. The third kappa shape index (κ3) is 5.05. The van der Waals surface area contributed by atoms with Gasteiger partial charge in [0.2, 0.25) is 0 Å². The molecule has 0 bridgehead atoms. The highest BCUT2D eigenvalue weighted by molar-refractivity contribution is 7.25. The van der Waals surface area contributed by atoms with Crippen molar-refractivity contribution in [2.24, 2.45) is 0 Å². The molecular weight excluding hydrogens is 725 g/mol. The first-order valence-electron chi connectivity index (χ1n) is 19.7. The van der Waals surface area contributed by atoms with E-state index < -0.39 is 0 Å². The maximum absolute atomic E-state index is 6.65. The van der Waals surface area contributed by atoms with E-state index >= 15 is 0 Å². The molecule has 0 aliphatic carbocycles. The molecule has 0 saturated heterocycles. The van der Waals surface area contributed by atoms with Gasteiger partial charge in [0.1, 0.15) is 10.4 Å². The summed E-state index contributed by atoms with van der Waals surface area (Å²) in [6.45, 7) is 0. The predicted octanol–water partition coefficient (Wildman–Crippen LogP) is 15.9. The molecule has 3 heterocycles. The van der Waals surface area contributed by atoms with Crippen LogP contribution in [0.15, 0.2) is 211 Å². The number of hydrogen-bond acceptors (Lipinski definition) is 3. The highest BCUT2D eigenvalue weighted by atomic mass is 32.1. The fraction of sp³-hybridized carbons (Fsp3) is 0. The molecule has 0 aliphatic rings. The second-order valence-corrected chi connectivity index (χ2v) is 15.9. The van der Waals surface area contributed by atoms with E-state index in [1.54, 1.807) is 0 Å². The first kappa shape index (κ1) is 32.8. The number of anilines is 3. The highest BCUT2D eigenvalue weighted by Gasteiger charge is 2.22. The molecule has 3 nitrogen and oxygen atoms in total. The molecule has 0 radical (unpaired) electrons. The van der Waals surface area contributed by atoms with E-state index in [4.69, 9.17) is 4.42 Å². The van der Waals surface area contributed by atoms with Crippen LogP contribution in [0.3, 0.4) is 0 Å². The summed E-state index contributed by atoms with van der Waals surface area (Å²) in [4.78, 5) is 3.60. The van der Waals surface area contributed by atoms with Crippen LogP contribution in [-0.2, 0) is 0 Å². The van der Waals surface area contributed by atoms with Crippen molar-refractivity contribution >= 4 is 92.3 Å². The zero-order valence-corrected chi connectivity index (χ0v) is 32.2. The fourth-order valence-corrected chi connectivity index (χ4v) is 10.2. The molecule has 0 unspecified atom stereocenters. The van der Waals surface area contributed by atoms with Crippen molar-refractivity contribution in [3.05, 3.63) is 206 Å². The predicted molar refractivity (Wildman–Crippen MR) is 247 cm³/mol. The second-order valence-electron chi connectivity index (χ2n) is 14.9. The van der Waals surface area contributed by atoms with Gasteiger partial charge in [-0.25, -0.2) is 0 Å². The molecular formula is C54H34N2OS. The largest absolute Gasteiger partial charge is 0.454 e. The van der Waals surface area contributed by atoms with Crippen molar-refractivity contribution in [1.29, 1.82) is 0 Å². The zero-order chi connectivity index (χ0) is 38.2. The molecule has 0 spiro atoms. The lowest BCUT2D eigenvalue weighted by molar-refractivity contribution is 0.669. The van der Waals surface area contributed by atoms with Crippen LogP contribution in [0.2, 0.25) is 0 Å². The highest BCUT2D eigenvalue weighted by Crippen LogP contribution is 2.47. The van der Waals surface area contributed by atoms with Crippen molar-refractivity contribution in [1.82, 2.24) is 4.57 Å². The lowest BCUT2D eigenvalue weighted by Gasteiger charge is -2.26. The van der Waals surface area contributed by atoms with E-state index in [-0.39, 0.29) is 0 Å². The molecule has 0 N–H and O–H groups in total. The van der Waals surface area contributed by atoms with Gasteiger partial charge in [-0.3, -0.25) is 0 Å². The molecule has 0 fully saturated rings. The molecule has 12 rings (SSSR count). The summed E-state index contributed by atoms with van der Waals surface area (Å²) in [7, 11) is 0. The molecule has 0 aliphatic heterocycles. The number of benzene rings is 9. The van der Waals surface area contributed by atoms with Gasteiger partial charge in [-0.1, -0.05) is 146 Å². The SMILES string of the molecule is c1ccc(-n2c3cccc(-c4ccc(N(c5ccc(-c6cccc7ccccc67)cc5)c5cccc6c5oc5ccccc56)cc4)c3c3c4ccccc4sc32)cc1. The van der Waals surface area contributed by atoms with Crippen LogP contribution in [0.4, 0.5) is 17.1 Å². The number of aromatic nitrogens is 1. The van der Waals surface area contributed by atoms with Crippen molar-refractivity contribution in [3.63, 3.8) is 0 Å². The van der Waals surface area contributed by atoms with Crippen molar-refractivity contribution in [3.8, 4) is 27.9 Å². The Labute approximate surface area is 338 Å². The second kappa shape index (κ2) is 13.1. The maximum atomic E-state index is 6.65. The van der Waals surface area contributed by atoms with E-state index in [0.29, 0.717) is 0 Å². The molecule has 0 amide bonds. The Balaban J connectivity index is 1.03. The third-order valence-corrected chi connectivity index (χ3v) is 12.8. The average molecular weight is 759 g/mol. The van der Waals surface area contributed by atoms with E-state index in [1.165, 1.54) is 69.9 Å². The van der Waals surface area contributed by atoms with Gasteiger partial charge in [0.25, 0.3) is 0 Å². The molecule has 4 heteroatoms. The Bertz CT molecular complexity index is 3500. The van der Waals surface area contributed by atoms with Crippen molar-refractivity contribution in [2.75, 3.05) is 4.90 Å². The number of nitrogens with zero attached hydrogens (tertiary/aromatic N) is 2. The zero-order valence-electron chi connectivity index (χ0n) is 31.3. The summed E-state index contributed by atoms with van der Waals surface area (Å²) in [6, 6.07) is 74.2. The van der Waals surface area contributed by atoms with E-state index in [1.807, 2.05) is 17.4 Å². The minimum atomic E-state index is 0.865. The number of para-hydroxylation sites is 3. The smallest absolute Gasteiger partial charge is 0.159 e. The normalized spacial score (nSPS) is 11.8. The number of hydrogen-bond donors (Lipinski definition) is 0. The van der Waals surface area contributed by atoms with Crippen LogP contribution >= 0.6 is 11.3 Å². The Hall–Kier alpha value is -7.40. The summed E-state index contributed by atoms with van der Waals surface area (Å²) < 4.78 is 10.4. The standard InChI is InChI=1S/C54H34N2OS/c1-2-15-38(16-3-1)56-47-23-11-21-43(51(47)52-46-19-7-9-26-50(46)58-54(52)56)37-29-33-40(34-30-37)55(48-24-12-22-45-44-18-6-8-25-49(44)57-53(45)48)39-31-27-36(28-32-39)42-20-10-14-35-13-4-5-17-41(35)42/h1-34H. The molecule has 0 saturated carbocycles. The maximum Gasteiger partial charge on any atom is 0.159 e. The topological polar surface area (TPSA) is 21.3 Å². The van der Waals surface area contributed by atoms with Crippen LogP contribution in [0.25, 0.3) is 91.9 Å². The lowest BCUT2D eigenvalue weighted by atomic mass is 9.97. The van der Waals surface area contributed by atoms with E-state index in [2.05, 4.69) is 210 Å². The quantitative estimate of drug-likeness (QED) is 0.168. The van der Waals surface area contributed by atoms with Crippen molar-refractivity contribution in [2.45, 2.75) is 0 Å². The minimum absolute atomic E-state index is 0.865. The number of rotatable bonds is 6. The van der Waals surface area contributed by atoms with Crippen LogP contribution < -0.4 is 4.90 Å². The van der Waals surface area contributed by atoms with Gasteiger partial charge in [0.15, 0.2) is 5.58 Å². The number of furan rings is 1. The first-order valence-corrected chi connectivity index (χ1v) is 20.5. The fourth-order valence-electron chi connectivity index (χ4n) is 9.00. The van der Waals surface area contributed by atoms with Gasteiger partial charge in [-0.15, -0.1) is 11.3 Å². The molecule has 9 aromatic carbocycles. The van der Waals surface area contributed by atoms with Gasteiger partial charge in [0, 0.05) is 48.7 Å². The average Bonchev–Trinajstić information content (AvgIpc) is 3.96. The molecule has 58 heavy (non-hydrogen) atoms. The number of thiophene rings is 1. The van der Waals surface area contributed by atoms with Crippen LogP contribution in [-0.4, -0.2) is 4.57 Å². The summed E-state index contributed by atoms with van der Waals surface area (Å²) in [5.41, 5.74) is 12.0. The van der Waals surface area contributed by atoms with Gasteiger partial charge in [-0.05, 0) is 93.7 Å². The van der Waals surface area contributed by atoms with Gasteiger partial charge in [-0.2, -0.15) is 0 Å². The Morgan fingerprint density at radius 3 is 1.84 bits per heavy atom. The van der Waals surface area contributed by atoms with Crippen LogP contribution in [0, 0.1) is 0 Å². The van der Waals surface area contributed by atoms with E-state index in [0.717, 1.165) is 39.0 Å². The molecule has 272 valence electrons. The lowest BCUT2D eigenvalue weighted by Crippen LogP contribution is -2.10. The summed E-state index contributed by atoms with van der Waals surface area (Å²) in [5, 5.41) is 8.58. The monoisotopic (exact) mass is 758 g/mol. The van der Waals surface area contributed by atoms with Gasteiger partial charge >= 0.3 is 0 Å². The molecule has 3 aromatic heterocycles. The van der Waals surface area contributed by atoms with Crippen LogP contribution in [0.1, 0.15) is 0 Å². The number of fused-ring (bicyclic) bond motifs is 9. The molecule has 12 aromatic rings.